The highest BCUT2D eigenvalue weighted by molar-refractivity contribution is 5.58. The summed E-state index contributed by atoms with van der Waals surface area (Å²) in [5.41, 5.74) is 0.896. The van der Waals surface area contributed by atoms with Crippen molar-refractivity contribution in [3.8, 4) is 11.5 Å². The second-order valence-corrected chi connectivity index (χ2v) is 6.12. The topological polar surface area (TPSA) is 73.1 Å². The number of nitrogens with one attached hydrogen (secondary N) is 1. The Hall–Kier alpha value is -1.95. The summed E-state index contributed by atoms with van der Waals surface area (Å²) >= 11 is 0. The molecule has 2 aromatic rings. The molecule has 1 N–H and O–H groups in total. The Labute approximate surface area is 129 Å². The summed E-state index contributed by atoms with van der Waals surface area (Å²) in [6, 6.07) is 4.31. The number of hydrogen-bond acceptors (Lipinski definition) is 6. The molecule has 1 saturated carbocycles. The first kappa shape index (κ1) is 13.7. The van der Waals surface area contributed by atoms with Crippen LogP contribution in [0.5, 0.6) is 0 Å². The van der Waals surface area contributed by atoms with Gasteiger partial charge >= 0.3 is 0 Å². The highest BCUT2D eigenvalue weighted by atomic mass is 16.5. The van der Waals surface area contributed by atoms with Crippen LogP contribution in [0.1, 0.15) is 31.5 Å². The molecule has 3 heterocycles. The third-order valence-corrected chi connectivity index (χ3v) is 4.65. The van der Waals surface area contributed by atoms with Crippen molar-refractivity contribution >= 4 is 5.82 Å². The van der Waals surface area contributed by atoms with Crippen LogP contribution in [-0.4, -0.2) is 33.9 Å². The molecule has 6 heteroatoms. The Morgan fingerprint density at radius 1 is 1.27 bits per heavy atom. The molecule has 3 atom stereocenters. The van der Waals surface area contributed by atoms with E-state index in [1.807, 2.05) is 19.1 Å². The Bertz CT molecular complexity index is 657. The van der Waals surface area contributed by atoms with Crippen molar-refractivity contribution in [3.05, 3.63) is 24.2 Å². The third kappa shape index (κ3) is 2.59. The predicted molar refractivity (Wildman–Crippen MR) is 81.4 cm³/mol. The summed E-state index contributed by atoms with van der Waals surface area (Å²) in [7, 11) is 0. The zero-order valence-electron chi connectivity index (χ0n) is 12.7. The van der Waals surface area contributed by atoms with E-state index in [2.05, 4.69) is 20.4 Å². The summed E-state index contributed by atoms with van der Waals surface area (Å²) in [6.45, 7) is 2.71. The van der Waals surface area contributed by atoms with E-state index in [0.29, 0.717) is 29.8 Å². The molecule has 4 rings (SSSR count). The Morgan fingerprint density at radius 3 is 3.09 bits per heavy atom. The van der Waals surface area contributed by atoms with Crippen LogP contribution in [0.15, 0.2) is 22.9 Å². The van der Waals surface area contributed by atoms with Crippen LogP contribution in [0.2, 0.25) is 0 Å². The predicted octanol–water partition coefficient (Wildman–Crippen LogP) is 2.81. The van der Waals surface area contributed by atoms with E-state index in [0.717, 1.165) is 24.4 Å². The summed E-state index contributed by atoms with van der Waals surface area (Å²) in [6.07, 6.45) is 6.93. The molecule has 116 valence electrons. The van der Waals surface area contributed by atoms with Gasteiger partial charge in [-0.2, -0.15) is 4.98 Å². The third-order valence-electron chi connectivity index (χ3n) is 4.65. The lowest BCUT2D eigenvalue weighted by Crippen LogP contribution is -2.38. The first-order valence-corrected chi connectivity index (χ1v) is 7.94. The molecule has 2 fully saturated rings. The largest absolute Gasteiger partial charge is 0.378 e. The van der Waals surface area contributed by atoms with Crippen LogP contribution in [0.3, 0.4) is 0 Å². The highest BCUT2D eigenvalue weighted by Gasteiger charge is 2.37. The number of aryl methyl sites for hydroxylation is 1. The van der Waals surface area contributed by atoms with Gasteiger partial charge < -0.3 is 14.6 Å². The molecule has 22 heavy (non-hydrogen) atoms. The Kier molecular flexibility index (Phi) is 3.54. The normalized spacial score (nSPS) is 27.6. The van der Waals surface area contributed by atoms with Crippen molar-refractivity contribution in [1.82, 2.24) is 15.1 Å². The van der Waals surface area contributed by atoms with Crippen molar-refractivity contribution in [2.24, 2.45) is 5.92 Å². The number of rotatable bonds is 3. The molecule has 2 aliphatic rings. The average molecular weight is 300 g/mol. The van der Waals surface area contributed by atoms with Crippen LogP contribution < -0.4 is 5.32 Å². The molecule has 0 bridgehead atoms. The van der Waals surface area contributed by atoms with E-state index in [1.165, 1.54) is 19.3 Å². The molecule has 1 aliphatic carbocycles. The monoisotopic (exact) mass is 300 g/mol. The maximum Gasteiger partial charge on any atom is 0.258 e. The fraction of sp³-hybridized carbons (Fsp3) is 0.562. The number of anilines is 1. The lowest BCUT2D eigenvalue weighted by Gasteiger charge is -2.33. The second-order valence-electron chi connectivity index (χ2n) is 6.12. The van der Waals surface area contributed by atoms with E-state index in [9.17, 15) is 0 Å². The Morgan fingerprint density at radius 2 is 2.23 bits per heavy atom. The molecule has 2 aromatic heterocycles. The molecule has 3 unspecified atom stereocenters. The smallest absolute Gasteiger partial charge is 0.258 e. The SMILES string of the molecule is Cc1noc(-c2ccnc(NC3CCCC4OCCC34)c2)n1. The van der Waals surface area contributed by atoms with Crippen molar-refractivity contribution in [1.29, 1.82) is 0 Å². The summed E-state index contributed by atoms with van der Waals surface area (Å²) < 4.78 is 11.1. The standard InChI is InChI=1S/C16H20N4O2/c1-10-18-16(22-20-10)11-5-7-17-15(9-11)19-13-3-2-4-14-12(13)6-8-21-14/h5,7,9,12-14H,2-4,6,8H2,1H3,(H,17,19). The highest BCUT2D eigenvalue weighted by Crippen LogP contribution is 2.36. The van der Waals surface area contributed by atoms with E-state index in [-0.39, 0.29) is 0 Å². The zero-order chi connectivity index (χ0) is 14.9. The van der Waals surface area contributed by atoms with E-state index < -0.39 is 0 Å². The van der Waals surface area contributed by atoms with Gasteiger partial charge in [0.1, 0.15) is 5.82 Å². The van der Waals surface area contributed by atoms with Crippen LogP contribution in [0, 0.1) is 12.8 Å². The van der Waals surface area contributed by atoms with Gasteiger partial charge in [0, 0.05) is 30.3 Å². The molecule has 6 nitrogen and oxygen atoms in total. The van der Waals surface area contributed by atoms with Crippen molar-refractivity contribution in [3.63, 3.8) is 0 Å². The second kappa shape index (κ2) is 5.68. The summed E-state index contributed by atoms with van der Waals surface area (Å²) in [5, 5.41) is 7.43. The quantitative estimate of drug-likeness (QED) is 0.939. The van der Waals surface area contributed by atoms with E-state index >= 15 is 0 Å². The van der Waals surface area contributed by atoms with Gasteiger partial charge in [-0.25, -0.2) is 4.98 Å². The summed E-state index contributed by atoms with van der Waals surface area (Å²) in [5.74, 6) is 2.64. The number of ether oxygens (including phenoxy) is 1. The van der Waals surface area contributed by atoms with E-state index in [1.54, 1.807) is 6.20 Å². The van der Waals surface area contributed by atoms with Crippen LogP contribution >= 0.6 is 0 Å². The van der Waals surface area contributed by atoms with Gasteiger partial charge in [-0.1, -0.05) is 5.16 Å². The van der Waals surface area contributed by atoms with Crippen LogP contribution in [-0.2, 0) is 4.74 Å². The van der Waals surface area contributed by atoms with Gasteiger partial charge in [-0.15, -0.1) is 0 Å². The fourth-order valence-electron chi connectivity index (χ4n) is 3.60. The van der Waals surface area contributed by atoms with Crippen LogP contribution in [0.4, 0.5) is 5.82 Å². The maximum absolute atomic E-state index is 5.83. The summed E-state index contributed by atoms with van der Waals surface area (Å²) in [4.78, 5) is 8.71. The van der Waals surface area contributed by atoms with Gasteiger partial charge in [0.2, 0.25) is 0 Å². The molecule has 0 aromatic carbocycles. The minimum atomic E-state index is 0.424. The minimum Gasteiger partial charge on any atom is -0.378 e. The van der Waals surface area contributed by atoms with Gasteiger partial charge in [-0.3, -0.25) is 0 Å². The Balaban J connectivity index is 1.53. The lowest BCUT2D eigenvalue weighted by molar-refractivity contribution is 0.0619. The molecular weight excluding hydrogens is 280 g/mol. The molecule has 1 saturated heterocycles. The molecule has 0 amide bonds. The molecular formula is C16H20N4O2. The van der Waals surface area contributed by atoms with Crippen molar-refractivity contribution in [2.45, 2.75) is 44.8 Å². The number of aromatic nitrogens is 3. The zero-order valence-corrected chi connectivity index (χ0v) is 12.7. The minimum absolute atomic E-state index is 0.424. The number of hydrogen-bond donors (Lipinski definition) is 1. The fourth-order valence-corrected chi connectivity index (χ4v) is 3.60. The first-order chi connectivity index (χ1) is 10.8. The van der Waals surface area contributed by atoms with Crippen molar-refractivity contribution in [2.75, 3.05) is 11.9 Å². The van der Waals surface area contributed by atoms with Gasteiger partial charge in [0.15, 0.2) is 5.82 Å². The van der Waals surface area contributed by atoms with Gasteiger partial charge in [0.05, 0.1) is 6.10 Å². The maximum atomic E-state index is 5.83. The number of pyridine rings is 1. The van der Waals surface area contributed by atoms with Gasteiger partial charge in [0.25, 0.3) is 5.89 Å². The van der Waals surface area contributed by atoms with Crippen LogP contribution in [0.25, 0.3) is 11.5 Å². The lowest BCUT2D eigenvalue weighted by atomic mass is 9.82. The van der Waals surface area contributed by atoms with E-state index in [4.69, 9.17) is 9.26 Å². The molecule has 0 spiro atoms. The first-order valence-electron chi connectivity index (χ1n) is 7.94. The van der Waals surface area contributed by atoms with Gasteiger partial charge in [-0.05, 0) is 44.7 Å². The number of fused-ring (bicyclic) bond motifs is 1. The average Bonchev–Trinajstić information content (AvgIpc) is 3.17. The number of nitrogens with zero attached hydrogens (tertiary/aromatic N) is 3. The van der Waals surface area contributed by atoms with Crippen molar-refractivity contribution < 1.29 is 9.26 Å². The molecule has 1 aliphatic heterocycles. The molecule has 0 radical (unpaired) electrons.